The summed E-state index contributed by atoms with van der Waals surface area (Å²) in [5.74, 6) is -0.0404. The maximum atomic E-state index is 12.2. The van der Waals surface area contributed by atoms with Crippen molar-refractivity contribution in [1.29, 1.82) is 0 Å². The van der Waals surface area contributed by atoms with Crippen LogP contribution in [0.2, 0.25) is 0 Å². The van der Waals surface area contributed by atoms with Crippen molar-refractivity contribution in [3.8, 4) is 0 Å². The van der Waals surface area contributed by atoms with E-state index in [1.165, 1.54) is 34.7 Å². The lowest BCUT2D eigenvalue weighted by Gasteiger charge is -2.27. The molecule has 2 aromatic rings. The lowest BCUT2D eigenvalue weighted by Crippen LogP contribution is -2.27. The highest BCUT2D eigenvalue weighted by molar-refractivity contribution is 7.85. The maximum Gasteiger partial charge on any atom is 0.294 e. The van der Waals surface area contributed by atoms with Crippen molar-refractivity contribution >= 4 is 38.9 Å². The number of unbranched alkanes of at least 4 members (excludes halogenated alkanes) is 2. The van der Waals surface area contributed by atoms with E-state index in [-0.39, 0.29) is 22.0 Å². The number of carbonyl (C=O) groups is 2. The summed E-state index contributed by atoms with van der Waals surface area (Å²) >= 11 is 0. The third kappa shape index (κ3) is 8.13. The first-order valence-corrected chi connectivity index (χ1v) is 18.1. The Morgan fingerprint density at radius 1 is 0.938 bits per heavy atom. The van der Waals surface area contributed by atoms with E-state index in [9.17, 15) is 22.6 Å². The normalized spacial score (nSPS) is 17.4. The van der Waals surface area contributed by atoms with Crippen molar-refractivity contribution in [3.05, 3.63) is 102 Å². The molecule has 2 aliphatic rings. The van der Waals surface area contributed by atoms with Gasteiger partial charge in [-0.05, 0) is 82.0 Å². The van der Waals surface area contributed by atoms with E-state index >= 15 is 0 Å². The highest BCUT2D eigenvalue weighted by Gasteiger charge is 2.43. The molecule has 0 fully saturated rings. The molecular formula is C39H50N3O5S+. The van der Waals surface area contributed by atoms with Gasteiger partial charge in [0.05, 0.1) is 10.3 Å². The summed E-state index contributed by atoms with van der Waals surface area (Å²) in [6.07, 6.45) is 15.4. The Kier molecular flexibility index (Phi) is 11.5. The standard InChI is InChI=1S/C39H49N3O5S/c1-8-29(43)16-15-24-40-37(44)19-13-10-14-25-42-34-23-21-30(48(45,46)47)27-32(34)39(5,6)36(42)18-12-9-11-17-35-38(3,4)31-26-28(2)20-22-33(31)41(35)7/h8-9,11-12,17-18,20-23,26-27H,1,10,13-16,19,24-25H2,2-7H3,(H-,40,44,45,46,47)/p+1. The van der Waals surface area contributed by atoms with Gasteiger partial charge >= 0.3 is 0 Å². The number of carbonyl (C=O) groups excluding carboxylic acids is 2. The van der Waals surface area contributed by atoms with Crippen LogP contribution in [0, 0.1) is 6.92 Å². The number of allylic oxidation sites excluding steroid dienone is 7. The average molecular weight is 673 g/mol. The van der Waals surface area contributed by atoms with Gasteiger partial charge in [-0.15, -0.1) is 0 Å². The fourth-order valence-electron chi connectivity index (χ4n) is 6.78. The Bertz CT molecular complexity index is 1810. The second-order valence-corrected chi connectivity index (χ2v) is 15.2. The Balaban J connectivity index is 1.47. The molecule has 0 radical (unpaired) electrons. The zero-order valence-electron chi connectivity index (χ0n) is 29.2. The van der Waals surface area contributed by atoms with Gasteiger partial charge in [0.1, 0.15) is 7.05 Å². The van der Waals surface area contributed by atoms with Crippen molar-refractivity contribution in [2.45, 2.75) is 88.9 Å². The number of amides is 1. The summed E-state index contributed by atoms with van der Waals surface area (Å²) in [5, 5.41) is 2.88. The summed E-state index contributed by atoms with van der Waals surface area (Å²) in [5.41, 5.74) is 7.13. The first-order valence-electron chi connectivity index (χ1n) is 16.7. The first-order chi connectivity index (χ1) is 22.6. The van der Waals surface area contributed by atoms with Gasteiger partial charge in [0.2, 0.25) is 11.6 Å². The fraction of sp³-hybridized carbons (Fsp3) is 0.410. The molecule has 0 saturated heterocycles. The minimum atomic E-state index is -4.35. The Morgan fingerprint density at radius 2 is 1.69 bits per heavy atom. The molecule has 1 amide bonds. The van der Waals surface area contributed by atoms with E-state index in [1.807, 2.05) is 12.2 Å². The minimum Gasteiger partial charge on any atom is -0.356 e. The van der Waals surface area contributed by atoms with Gasteiger partial charge in [-0.3, -0.25) is 14.1 Å². The largest absolute Gasteiger partial charge is 0.356 e. The predicted molar refractivity (Wildman–Crippen MR) is 194 cm³/mol. The molecule has 0 aliphatic carbocycles. The van der Waals surface area contributed by atoms with Crippen molar-refractivity contribution in [2.24, 2.45) is 0 Å². The zero-order chi connectivity index (χ0) is 35.3. The van der Waals surface area contributed by atoms with Gasteiger partial charge in [-0.2, -0.15) is 13.0 Å². The Labute approximate surface area is 286 Å². The highest BCUT2D eigenvalue weighted by atomic mass is 32.2. The second kappa shape index (κ2) is 15.0. The third-order valence-electron chi connectivity index (χ3n) is 9.52. The van der Waals surface area contributed by atoms with Gasteiger partial charge in [-0.1, -0.05) is 56.7 Å². The van der Waals surface area contributed by atoms with E-state index in [0.717, 1.165) is 36.2 Å². The van der Waals surface area contributed by atoms with Crippen molar-refractivity contribution in [3.63, 3.8) is 0 Å². The average Bonchev–Trinajstić information content (AvgIpc) is 3.35. The number of fused-ring (bicyclic) bond motifs is 2. The lowest BCUT2D eigenvalue weighted by molar-refractivity contribution is -0.401. The van der Waals surface area contributed by atoms with E-state index in [0.29, 0.717) is 32.4 Å². The number of nitrogens with zero attached hydrogens (tertiary/aromatic N) is 2. The molecule has 0 spiro atoms. The number of anilines is 1. The van der Waals surface area contributed by atoms with Crippen molar-refractivity contribution in [2.75, 3.05) is 25.0 Å². The number of nitrogens with one attached hydrogen (secondary N) is 1. The quantitative estimate of drug-likeness (QED) is 0.0679. The summed E-state index contributed by atoms with van der Waals surface area (Å²) in [6.45, 7) is 15.4. The maximum absolute atomic E-state index is 12.2. The van der Waals surface area contributed by atoms with Gasteiger partial charge in [0, 0.05) is 60.4 Å². The van der Waals surface area contributed by atoms with Crippen LogP contribution < -0.4 is 10.2 Å². The molecule has 8 nitrogen and oxygen atoms in total. The topological polar surface area (TPSA) is 107 Å². The predicted octanol–water partition coefficient (Wildman–Crippen LogP) is 7.25. The number of aryl methyl sites for hydroxylation is 1. The molecule has 4 rings (SSSR count). The smallest absolute Gasteiger partial charge is 0.294 e. The zero-order valence-corrected chi connectivity index (χ0v) is 30.0. The summed E-state index contributed by atoms with van der Waals surface area (Å²) < 4.78 is 36.0. The molecule has 2 aliphatic heterocycles. The molecule has 0 saturated carbocycles. The summed E-state index contributed by atoms with van der Waals surface area (Å²) in [7, 11) is -2.25. The Morgan fingerprint density at radius 3 is 2.40 bits per heavy atom. The molecule has 256 valence electrons. The molecule has 2 N–H and O–H groups in total. The van der Waals surface area contributed by atoms with Gasteiger partial charge in [0.15, 0.2) is 11.5 Å². The second-order valence-electron chi connectivity index (χ2n) is 13.8. The van der Waals surface area contributed by atoms with E-state index in [2.05, 4.69) is 99.5 Å². The number of rotatable bonds is 15. The van der Waals surface area contributed by atoms with E-state index in [4.69, 9.17) is 0 Å². The number of ketones is 1. The van der Waals surface area contributed by atoms with Gasteiger partial charge in [0.25, 0.3) is 10.1 Å². The lowest BCUT2D eigenvalue weighted by atomic mass is 9.81. The minimum absolute atomic E-state index is 0.0189. The molecule has 0 bridgehead atoms. The van der Waals surface area contributed by atoms with Crippen molar-refractivity contribution in [1.82, 2.24) is 5.32 Å². The summed E-state index contributed by atoms with van der Waals surface area (Å²) in [6, 6.07) is 11.4. The van der Waals surface area contributed by atoms with Crippen LogP contribution in [0.15, 0.2) is 90.0 Å². The summed E-state index contributed by atoms with van der Waals surface area (Å²) in [4.78, 5) is 25.7. The SMILES string of the molecule is C=CC(=O)CCCNC(=O)CCCCCN1C(=CC=CC=CC2=[N+](C)c3ccc(C)cc3C2(C)C)C(C)(C)c2cc(S(=O)(=O)O)ccc21. The Hall–Kier alpha value is -4.08. The van der Waals surface area contributed by atoms with Gasteiger partial charge in [-0.25, -0.2) is 0 Å². The molecule has 9 heteroatoms. The number of hydrogen-bond donors (Lipinski definition) is 2. The molecule has 0 unspecified atom stereocenters. The van der Waals surface area contributed by atoms with Crippen LogP contribution in [0.5, 0.6) is 0 Å². The first kappa shape index (κ1) is 36.8. The van der Waals surface area contributed by atoms with Crippen molar-refractivity contribution < 1.29 is 27.1 Å². The highest BCUT2D eigenvalue weighted by Crippen LogP contribution is 2.48. The van der Waals surface area contributed by atoms with Crippen LogP contribution in [0.3, 0.4) is 0 Å². The monoisotopic (exact) mass is 672 g/mol. The molecule has 2 aromatic carbocycles. The van der Waals surface area contributed by atoms with Crippen LogP contribution in [0.1, 0.15) is 82.9 Å². The number of benzene rings is 2. The van der Waals surface area contributed by atoms with Crippen LogP contribution in [-0.2, 0) is 30.5 Å². The third-order valence-corrected chi connectivity index (χ3v) is 10.4. The molecule has 0 atom stereocenters. The van der Waals surface area contributed by atoms with Crippen LogP contribution in [-0.4, -0.2) is 55.1 Å². The van der Waals surface area contributed by atoms with Gasteiger partial charge < -0.3 is 10.2 Å². The number of hydrogen-bond acceptors (Lipinski definition) is 5. The molecular weight excluding hydrogens is 623 g/mol. The molecule has 2 heterocycles. The fourth-order valence-corrected chi connectivity index (χ4v) is 7.28. The van der Waals surface area contributed by atoms with E-state index < -0.39 is 15.5 Å². The van der Waals surface area contributed by atoms with Crippen LogP contribution in [0.25, 0.3) is 0 Å². The van der Waals surface area contributed by atoms with E-state index in [1.54, 1.807) is 12.1 Å². The van der Waals surface area contributed by atoms with Crippen LogP contribution >= 0.6 is 0 Å². The molecule has 0 aromatic heterocycles. The van der Waals surface area contributed by atoms with Crippen LogP contribution in [0.4, 0.5) is 11.4 Å². The molecule has 48 heavy (non-hydrogen) atoms.